The van der Waals surface area contributed by atoms with Crippen LogP contribution in [0.1, 0.15) is 23.1 Å². The number of carbonyl (C=O) groups is 1. The highest BCUT2D eigenvalue weighted by molar-refractivity contribution is 5.85. The van der Waals surface area contributed by atoms with E-state index in [1.165, 1.54) is 16.8 Å². The lowest BCUT2D eigenvalue weighted by atomic mass is 10.1. The van der Waals surface area contributed by atoms with Gasteiger partial charge in [-0.15, -0.1) is 24.8 Å². The number of ether oxygens (including phenoxy) is 1. The van der Waals surface area contributed by atoms with Crippen LogP contribution in [0.2, 0.25) is 0 Å². The molecule has 1 aliphatic rings. The zero-order valence-electron chi connectivity index (χ0n) is 16.1. The van der Waals surface area contributed by atoms with E-state index in [1.54, 1.807) is 7.11 Å². The number of rotatable bonds is 8. The van der Waals surface area contributed by atoms with Gasteiger partial charge in [-0.25, -0.2) is 0 Å². The fourth-order valence-electron chi connectivity index (χ4n) is 3.30. The van der Waals surface area contributed by atoms with Gasteiger partial charge in [-0.2, -0.15) is 0 Å². The Balaban J connectivity index is 0.00000196. The Morgan fingerprint density at radius 1 is 1.14 bits per heavy atom. The fraction of sp³-hybridized carbons (Fsp3) is 0.381. The minimum atomic E-state index is -0.222. The molecule has 1 unspecified atom stereocenters. The van der Waals surface area contributed by atoms with Crippen molar-refractivity contribution >= 4 is 36.4 Å². The summed E-state index contributed by atoms with van der Waals surface area (Å²) in [5.41, 5.74) is 10.7. The van der Waals surface area contributed by atoms with Gasteiger partial charge in [0.15, 0.2) is 0 Å². The van der Waals surface area contributed by atoms with Crippen molar-refractivity contribution in [3.8, 4) is 0 Å². The van der Waals surface area contributed by atoms with Crippen molar-refractivity contribution in [2.24, 2.45) is 5.73 Å². The van der Waals surface area contributed by atoms with E-state index >= 15 is 0 Å². The monoisotopic (exact) mass is 425 g/mol. The van der Waals surface area contributed by atoms with Crippen LogP contribution >= 0.6 is 24.8 Å². The molecule has 0 aliphatic carbocycles. The topological polar surface area (TPSA) is 67.6 Å². The van der Waals surface area contributed by atoms with E-state index in [2.05, 4.69) is 58.7 Å². The molecular formula is C21H29Cl2N3O2. The number of fused-ring (bicyclic) bond motifs is 1. The number of nitrogens with zero attached hydrogens (tertiary/aromatic N) is 1. The van der Waals surface area contributed by atoms with Crippen molar-refractivity contribution in [2.45, 2.75) is 32.0 Å². The number of anilines is 1. The Bertz CT molecular complexity index is 737. The van der Waals surface area contributed by atoms with Crippen LogP contribution in [0.25, 0.3) is 0 Å². The molecule has 0 bridgehead atoms. The number of benzene rings is 2. The van der Waals surface area contributed by atoms with E-state index in [9.17, 15) is 4.79 Å². The Morgan fingerprint density at radius 2 is 1.82 bits per heavy atom. The smallest absolute Gasteiger partial charge is 0.222 e. The van der Waals surface area contributed by atoms with E-state index in [1.807, 2.05) is 0 Å². The van der Waals surface area contributed by atoms with E-state index in [4.69, 9.17) is 10.5 Å². The fourth-order valence-corrected chi connectivity index (χ4v) is 3.30. The Morgan fingerprint density at radius 3 is 2.50 bits per heavy atom. The summed E-state index contributed by atoms with van der Waals surface area (Å²) in [5, 5.41) is 2.92. The third-order valence-electron chi connectivity index (χ3n) is 4.88. The number of nitrogens with one attached hydrogen (secondary N) is 1. The Hall–Kier alpha value is -1.79. The highest BCUT2D eigenvalue weighted by Gasteiger charge is 2.18. The minimum Gasteiger partial charge on any atom is -0.380 e. The molecule has 0 spiro atoms. The average molecular weight is 426 g/mol. The van der Waals surface area contributed by atoms with Gasteiger partial charge >= 0.3 is 0 Å². The lowest BCUT2D eigenvalue weighted by molar-refractivity contribution is -0.123. The van der Waals surface area contributed by atoms with Gasteiger partial charge in [-0.3, -0.25) is 4.79 Å². The van der Waals surface area contributed by atoms with Crippen molar-refractivity contribution < 1.29 is 9.53 Å². The maximum absolute atomic E-state index is 11.9. The lowest BCUT2D eigenvalue weighted by Gasteiger charge is -2.19. The van der Waals surface area contributed by atoms with E-state index < -0.39 is 0 Å². The highest BCUT2D eigenvalue weighted by atomic mass is 35.5. The van der Waals surface area contributed by atoms with E-state index in [0.717, 1.165) is 25.1 Å². The standard InChI is InChI=1S/C21H27N3O2.2ClH/c1-26-19(13-22)12-21(25)23-14-16-6-8-17(9-7-16)15-24-11-10-18-4-2-3-5-20(18)24;;/h2-9,19H,10-15,22H2,1H3,(H,23,25);2*1H. The average Bonchev–Trinajstić information content (AvgIpc) is 3.08. The second kappa shape index (κ2) is 11.9. The maximum Gasteiger partial charge on any atom is 0.222 e. The number of methoxy groups -OCH3 is 1. The molecule has 1 aliphatic heterocycles. The summed E-state index contributed by atoms with van der Waals surface area (Å²) < 4.78 is 5.14. The van der Waals surface area contributed by atoms with Crippen LogP contribution in [-0.4, -0.2) is 32.2 Å². The molecule has 2 aromatic carbocycles. The number of nitrogens with two attached hydrogens (primary N) is 1. The van der Waals surface area contributed by atoms with Gasteiger partial charge in [0.2, 0.25) is 5.91 Å². The molecule has 3 N–H and O–H groups in total. The summed E-state index contributed by atoms with van der Waals surface area (Å²) in [7, 11) is 1.57. The predicted molar refractivity (Wildman–Crippen MR) is 118 cm³/mol. The van der Waals surface area contributed by atoms with Crippen LogP contribution < -0.4 is 16.0 Å². The molecule has 154 valence electrons. The first kappa shape index (κ1) is 24.2. The Kier molecular flexibility index (Phi) is 10.3. The van der Waals surface area contributed by atoms with Crippen LogP contribution in [-0.2, 0) is 29.0 Å². The lowest BCUT2D eigenvalue weighted by Crippen LogP contribution is -2.31. The molecule has 0 aromatic heterocycles. The van der Waals surface area contributed by atoms with Crippen LogP contribution in [0, 0.1) is 0 Å². The van der Waals surface area contributed by atoms with Crippen LogP contribution in [0.15, 0.2) is 48.5 Å². The van der Waals surface area contributed by atoms with Gasteiger partial charge in [0.05, 0.1) is 12.5 Å². The number of hydrogen-bond acceptors (Lipinski definition) is 4. The molecular weight excluding hydrogens is 397 g/mol. The largest absolute Gasteiger partial charge is 0.380 e. The molecule has 3 rings (SSSR count). The number of amides is 1. The maximum atomic E-state index is 11.9. The summed E-state index contributed by atoms with van der Waals surface area (Å²) in [5.74, 6) is -0.0416. The van der Waals surface area contributed by atoms with Crippen LogP contribution in [0.5, 0.6) is 0 Å². The summed E-state index contributed by atoms with van der Waals surface area (Å²) in [6.07, 6.45) is 1.19. The molecule has 28 heavy (non-hydrogen) atoms. The Labute approximate surface area is 179 Å². The van der Waals surface area contributed by atoms with Crippen molar-refractivity contribution in [1.29, 1.82) is 0 Å². The van der Waals surface area contributed by atoms with Crippen molar-refractivity contribution in [3.05, 3.63) is 65.2 Å². The molecule has 5 nitrogen and oxygen atoms in total. The molecule has 1 atom stereocenters. The normalized spacial score (nSPS) is 13.1. The molecule has 0 fully saturated rings. The zero-order chi connectivity index (χ0) is 18.4. The van der Waals surface area contributed by atoms with Crippen LogP contribution in [0.4, 0.5) is 5.69 Å². The highest BCUT2D eigenvalue weighted by Crippen LogP contribution is 2.28. The number of hydrogen-bond donors (Lipinski definition) is 2. The van der Waals surface area contributed by atoms with Crippen molar-refractivity contribution in [3.63, 3.8) is 0 Å². The van der Waals surface area contributed by atoms with E-state index in [-0.39, 0.29) is 36.8 Å². The van der Waals surface area contributed by atoms with Crippen molar-refractivity contribution in [1.82, 2.24) is 5.32 Å². The summed E-state index contributed by atoms with van der Waals surface area (Å²) in [6.45, 7) is 2.85. The van der Waals surface area contributed by atoms with Gasteiger partial charge in [-0.1, -0.05) is 42.5 Å². The number of carbonyl (C=O) groups excluding carboxylic acids is 1. The first-order valence-electron chi connectivity index (χ1n) is 9.10. The third kappa shape index (κ3) is 6.38. The second-order valence-electron chi connectivity index (χ2n) is 6.69. The molecule has 7 heteroatoms. The quantitative estimate of drug-likeness (QED) is 0.681. The summed E-state index contributed by atoms with van der Waals surface area (Å²) >= 11 is 0. The first-order valence-corrected chi connectivity index (χ1v) is 9.10. The zero-order valence-corrected chi connectivity index (χ0v) is 17.7. The van der Waals surface area contributed by atoms with Crippen molar-refractivity contribution in [2.75, 3.05) is 25.1 Å². The number of halogens is 2. The molecule has 1 heterocycles. The number of para-hydroxylation sites is 1. The van der Waals surface area contributed by atoms with Gasteiger partial charge < -0.3 is 20.7 Å². The molecule has 2 aromatic rings. The van der Waals surface area contributed by atoms with Gasteiger partial charge in [-0.05, 0) is 29.2 Å². The third-order valence-corrected chi connectivity index (χ3v) is 4.88. The van der Waals surface area contributed by atoms with Crippen LogP contribution in [0.3, 0.4) is 0 Å². The second-order valence-corrected chi connectivity index (χ2v) is 6.69. The van der Waals surface area contributed by atoms with E-state index in [0.29, 0.717) is 19.5 Å². The first-order chi connectivity index (χ1) is 12.7. The molecule has 0 radical (unpaired) electrons. The molecule has 1 amide bonds. The van der Waals surface area contributed by atoms with Gasteiger partial charge in [0, 0.05) is 39.0 Å². The summed E-state index contributed by atoms with van der Waals surface area (Å²) in [4.78, 5) is 14.3. The molecule has 0 saturated heterocycles. The minimum absolute atomic E-state index is 0. The van der Waals surface area contributed by atoms with Gasteiger partial charge in [0.1, 0.15) is 0 Å². The predicted octanol–water partition coefficient (Wildman–Crippen LogP) is 3.07. The molecule has 0 saturated carbocycles. The SMILES string of the molecule is COC(CN)CC(=O)NCc1ccc(CN2CCc3ccccc32)cc1.Cl.Cl. The summed E-state index contributed by atoms with van der Waals surface area (Å²) in [6, 6.07) is 17.0. The van der Waals surface area contributed by atoms with Gasteiger partial charge in [0.25, 0.3) is 0 Å².